The van der Waals surface area contributed by atoms with Crippen molar-refractivity contribution in [3.05, 3.63) is 34.9 Å². The lowest BCUT2D eigenvalue weighted by molar-refractivity contribution is -0.127. The van der Waals surface area contributed by atoms with Crippen LogP contribution >= 0.6 is 0 Å². The molecule has 1 aliphatic heterocycles. The van der Waals surface area contributed by atoms with Crippen LogP contribution in [0.5, 0.6) is 0 Å². The Labute approximate surface area is 102 Å². The molecule has 1 saturated heterocycles. The largest absolute Gasteiger partial charge is 0.461 e. The van der Waals surface area contributed by atoms with Gasteiger partial charge in [-0.2, -0.15) is 0 Å². The molecule has 1 aliphatic rings. The Kier molecular flexibility index (Phi) is 3.20. The van der Waals surface area contributed by atoms with E-state index in [0.717, 1.165) is 5.56 Å². The van der Waals surface area contributed by atoms with E-state index < -0.39 is 0 Å². The Morgan fingerprint density at radius 3 is 2.59 bits per heavy atom. The normalized spacial score (nSPS) is 17.4. The van der Waals surface area contributed by atoms with E-state index in [1.165, 1.54) is 5.56 Å². The van der Waals surface area contributed by atoms with E-state index in [2.05, 4.69) is 6.92 Å². The van der Waals surface area contributed by atoms with Gasteiger partial charge in [0.1, 0.15) is 6.61 Å². The number of carbonyl (C=O) groups excluding carboxylic acids is 1. The minimum absolute atomic E-state index is 0.00933. The SMILES string of the molecule is Cc1ccc(C(=O)OCC2(C)COC2)cc1C. The van der Waals surface area contributed by atoms with E-state index >= 15 is 0 Å². The standard InChI is InChI=1S/C14H18O3/c1-10-4-5-12(6-11(10)2)13(15)17-9-14(3)7-16-8-14/h4-6H,7-9H2,1-3H3. The summed E-state index contributed by atoms with van der Waals surface area (Å²) in [7, 11) is 0. The number of esters is 1. The molecule has 1 aromatic rings. The predicted molar refractivity (Wildman–Crippen MR) is 65.1 cm³/mol. The van der Waals surface area contributed by atoms with Gasteiger partial charge in [-0.1, -0.05) is 13.0 Å². The molecule has 0 spiro atoms. The third-order valence-electron chi connectivity index (χ3n) is 3.20. The molecular formula is C14H18O3. The van der Waals surface area contributed by atoms with Crippen LogP contribution in [0.25, 0.3) is 0 Å². The number of hydrogen-bond acceptors (Lipinski definition) is 3. The van der Waals surface area contributed by atoms with E-state index in [9.17, 15) is 4.79 Å². The van der Waals surface area contributed by atoms with Gasteiger partial charge in [-0.05, 0) is 37.1 Å². The Morgan fingerprint density at radius 2 is 2.06 bits per heavy atom. The molecule has 3 heteroatoms. The molecule has 92 valence electrons. The Bertz CT molecular complexity index is 433. The van der Waals surface area contributed by atoms with Crippen LogP contribution in [0.1, 0.15) is 28.4 Å². The van der Waals surface area contributed by atoms with Crippen molar-refractivity contribution < 1.29 is 14.3 Å². The van der Waals surface area contributed by atoms with Crippen LogP contribution in [0, 0.1) is 19.3 Å². The van der Waals surface area contributed by atoms with Gasteiger partial charge in [0.2, 0.25) is 0 Å². The van der Waals surface area contributed by atoms with Gasteiger partial charge in [-0.3, -0.25) is 0 Å². The Morgan fingerprint density at radius 1 is 1.35 bits per heavy atom. The molecule has 0 aliphatic carbocycles. The van der Waals surface area contributed by atoms with E-state index in [0.29, 0.717) is 25.4 Å². The highest BCUT2D eigenvalue weighted by Crippen LogP contribution is 2.27. The smallest absolute Gasteiger partial charge is 0.338 e. The highest BCUT2D eigenvalue weighted by Gasteiger charge is 2.34. The molecule has 1 aromatic carbocycles. The maximum absolute atomic E-state index is 11.8. The molecule has 3 nitrogen and oxygen atoms in total. The van der Waals surface area contributed by atoms with Crippen molar-refractivity contribution in [2.45, 2.75) is 20.8 Å². The third kappa shape index (κ3) is 2.67. The first-order chi connectivity index (χ1) is 8.00. The zero-order valence-electron chi connectivity index (χ0n) is 10.6. The van der Waals surface area contributed by atoms with Crippen LogP contribution in [0.4, 0.5) is 0 Å². The van der Waals surface area contributed by atoms with Crippen LogP contribution in [0.15, 0.2) is 18.2 Å². The van der Waals surface area contributed by atoms with Crippen LogP contribution in [0.3, 0.4) is 0 Å². The summed E-state index contributed by atoms with van der Waals surface area (Å²) in [6.45, 7) is 7.85. The summed E-state index contributed by atoms with van der Waals surface area (Å²) in [6.07, 6.45) is 0. The highest BCUT2D eigenvalue weighted by atomic mass is 16.5. The highest BCUT2D eigenvalue weighted by molar-refractivity contribution is 5.89. The van der Waals surface area contributed by atoms with Gasteiger partial charge < -0.3 is 9.47 Å². The Hall–Kier alpha value is -1.35. The van der Waals surface area contributed by atoms with E-state index in [1.54, 1.807) is 0 Å². The topological polar surface area (TPSA) is 35.5 Å². The third-order valence-corrected chi connectivity index (χ3v) is 3.20. The van der Waals surface area contributed by atoms with Crippen molar-refractivity contribution in [1.29, 1.82) is 0 Å². The average molecular weight is 234 g/mol. The summed E-state index contributed by atoms with van der Waals surface area (Å²) in [5, 5.41) is 0. The van der Waals surface area contributed by atoms with Crippen molar-refractivity contribution in [3.8, 4) is 0 Å². The maximum Gasteiger partial charge on any atom is 0.338 e. The minimum atomic E-state index is -0.249. The van der Waals surface area contributed by atoms with Crippen LogP contribution < -0.4 is 0 Å². The number of benzene rings is 1. The first-order valence-corrected chi connectivity index (χ1v) is 5.82. The second kappa shape index (κ2) is 4.49. The summed E-state index contributed by atoms with van der Waals surface area (Å²) in [4.78, 5) is 11.8. The molecule has 0 amide bonds. The Balaban J connectivity index is 1.97. The second-order valence-electron chi connectivity index (χ2n) is 5.18. The molecule has 0 saturated carbocycles. The number of carbonyl (C=O) groups is 1. The second-order valence-corrected chi connectivity index (χ2v) is 5.18. The van der Waals surface area contributed by atoms with Crippen molar-refractivity contribution >= 4 is 5.97 Å². The molecule has 0 atom stereocenters. The van der Waals surface area contributed by atoms with E-state index in [-0.39, 0.29) is 11.4 Å². The maximum atomic E-state index is 11.8. The molecule has 0 N–H and O–H groups in total. The summed E-state index contributed by atoms with van der Waals surface area (Å²) in [6, 6.07) is 5.63. The van der Waals surface area contributed by atoms with Crippen LogP contribution in [-0.4, -0.2) is 25.8 Å². The molecule has 0 unspecified atom stereocenters. The van der Waals surface area contributed by atoms with Gasteiger partial charge in [0.15, 0.2) is 0 Å². The fourth-order valence-corrected chi connectivity index (χ4v) is 1.73. The minimum Gasteiger partial charge on any atom is -0.461 e. The molecule has 0 radical (unpaired) electrons. The summed E-state index contributed by atoms with van der Waals surface area (Å²) in [5.41, 5.74) is 2.92. The van der Waals surface area contributed by atoms with Crippen LogP contribution in [0.2, 0.25) is 0 Å². The fourth-order valence-electron chi connectivity index (χ4n) is 1.73. The zero-order valence-corrected chi connectivity index (χ0v) is 10.6. The van der Waals surface area contributed by atoms with E-state index in [4.69, 9.17) is 9.47 Å². The van der Waals surface area contributed by atoms with Crippen molar-refractivity contribution in [2.75, 3.05) is 19.8 Å². The first-order valence-electron chi connectivity index (χ1n) is 5.82. The first kappa shape index (κ1) is 12.1. The molecule has 17 heavy (non-hydrogen) atoms. The summed E-state index contributed by atoms with van der Waals surface area (Å²) in [5.74, 6) is -0.249. The van der Waals surface area contributed by atoms with Crippen molar-refractivity contribution in [1.82, 2.24) is 0 Å². The molecule has 1 fully saturated rings. The van der Waals surface area contributed by atoms with E-state index in [1.807, 2.05) is 32.0 Å². The van der Waals surface area contributed by atoms with Crippen molar-refractivity contribution in [2.24, 2.45) is 5.41 Å². The van der Waals surface area contributed by atoms with Crippen LogP contribution in [-0.2, 0) is 9.47 Å². The molecular weight excluding hydrogens is 216 g/mol. The average Bonchev–Trinajstić information content (AvgIpc) is 2.27. The number of rotatable bonds is 3. The van der Waals surface area contributed by atoms with Gasteiger partial charge in [0.25, 0.3) is 0 Å². The van der Waals surface area contributed by atoms with Gasteiger partial charge in [0.05, 0.1) is 18.8 Å². The summed E-state index contributed by atoms with van der Waals surface area (Å²) >= 11 is 0. The molecule has 0 bridgehead atoms. The lowest BCUT2D eigenvalue weighted by atomic mass is 9.90. The lowest BCUT2D eigenvalue weighted by Crippen LogP contribution is -2.44. The van der Waals surface area contributed by atoms with Gasteiger partial charge >= 0.3 is 5.97 Å². The summed E-state index contributed by atoms with van der Waals surface area (Å²) < 4.78 is 10.4. The zero-order chi connectivity index (χ0) is 12.5. The lowest BCUT2D eigenvalue weighted by Gasteiger charge is -2.37. The number of hydrogen-bond donors (Lipinski definition) is 0. The monoisotopic (exact) mass is 234 g/mol. The molecule has 2 rings (SSSR count). The molecule has 1 heterocycles. The van der Waals surface area contributed by atoms with Gasteiger partial charge in [0, 0.05) is 5.41 Å². The quantitative estimate of drug-likeness (QED) is 0.754. The predicted octanol–water partition coefficient (Wildman–Crippen LogP) is 2.50. The number of ether oxygens (including phenoxy) is 2. The van der Waals surface area contributed by atoms with Crippen molar-refractivity contribution in [3.63, 3.8) is 0 Å². The van der Waals surface area contributed by atoms with Gasteiger partial charge in [-0.15, -0.1) is 0 Å². The molecule has 0 aromatic heterocycles. The fraction of sp³-hybridized carbons (Fsp3) is 0.500. The van der Waals surface area contributed by atoms with Gasteiger partial charge in [-0.25, -0.2) is 4.79 Å². The number of aryl methyl sites for hydroxylation is 2.